The number of carbonyl (C=O) groups is 2. The number of carbonyl (C=O) groups excluding carboxylic acids is 2. The average molecular weight is 389 g/mol. The Morgan fingerprint density at radius 3 is 2.54 bits per heavy atom. The molecular formula is C19H27N5O4. The van der Waals surface area contributed by atoms with E-state index in [1.54, 1.807) is 7.05 Å². The maximum Gasteiger partial charge on any atom is 0.280 e. The van der Waals surface area contributed by atoms with Gasteiger partial charge in [-0.3, -0.25) is 19.9 Å². The van der Waals surface area contributed by atoms with Crippen molar-refractivity contribution < 1.29 is 19.1 Å². The molecule has 28 heavy (non-hydrogen) atoms. The highest BCUT2D eigenvalue weighted by atomic mass is 16.5. The lowest BCUT2D eigenvalue weighted by Crippen LogP contribution is -2.36. The predicted octanol–water partition coefficient (Wildman–Crippen LogP) is 0.0617. The molecule has 2 rings (SSSR count). The molecule has 0 atom stereocenters. The molecule has 2 amide bonds. The minimum Gasteiger partial charge on any atom is -0.378 e. The number of nitrogens with zero attached hydrogens (tertiary/aromatic N) is 3. The normalized spacial score (nSPS) is 11.8. The summed E-state index contributed by atoms with van der Waals surface area (Å²) in [6, 6.07) is 3.93. The van der Waals surface area contributed by atoms with Gasteiger partial charge in [-0.15, -0.1) is 0 Å². The zero-order chi connectivity index (χ0) is 20.5. The number of rotatable bonds is 10. The molecule has 9 nitrogen and oxygen atoms in total. The molecule has 0 saturated carbocycles. The van der Waals surface area contributed by atoms with Gasteiger partial charge in [0.1, 0.15) is 0 Å². The van der Waals surface area contributed by atoms with E-state index in [2.05, 4.69) is 15.3 Å². The maximum absolute atomic E-state index is 12.3. The van der Waals surface area contributed by atoms with Crippen molar-refractivity contribution in [1.82, 2.24) is 14.9 Å². The highest BCUT2D eigenvalue weighted by Gasteiger charge is 2.16. The fraction of sp³-hybridized carbons (Fsp3) is 0.474. The first-order chi connectivity index (χ1) is 13.5. The number of benzene rings is 1. The summed E-state index contributed by atoms with van der Waals surface area (Å²) in [6.07, 6.45) is 0.336. The summed E-state index contributed by atoms with van der Waals surface area (Å²) in [7, 11) is 1.58. The predicted molar refractivity (Wildman–Crippen MR) is 105 cm³/mol. The van der Waals surface area contributed by atoms with Crippen LogP contribution in [0.5, 0.6) is 0 Å². The van der Waals surface area contributed by atoms with E-state index in [1.807, 2.05) is 30.5 Å². The third kappa shape index (κ3) is 5.22. The Hall–Kier alpha value is -2.62. The highest BCUT2D eigenvalue weighted by molar-refractivity contribution is 5.99. The first-order valence-corrected chi connectivity index (χ1v) is 9.08. The molecule has 0 bridgehead atoms. The molecule has 3 N–H and O–H groups in total. The summed E-state index contributed by atoms with van der Waals surface area (Å²) >= 11 is 0. The molecule has 0 aliphatic rings. The highest BCUT2D eigenvalue weighted by Crippen LogP contribution is 2.17. The number of imide groups is 1. The smallest absolute Gasteiger partial charge is 0.280 e. The van der Waals surface area contributed by atoms with E-state index in [4.69, 9.17) is 15.2 Å². The van der Waals surface area contributed by atoms with Crippen LogP contribution in [0.15, 0.2) is 17.1 Å². The molecule has 0 fully saturated rings. The molecule has 0 spiro atoms. The van der Waals surface area contributed by atoms with Gasteiger partial charge in [-0.1, -0.05) is 0 Å². The van der Waals surface area contributed by atoms with Crippen LogP contribution in [0.1, 0.15) is 21.6 Å². The van der Waals surface area contributed by atoms with Crippen LogP contribution in [0, 0.1) is 13.8 Å². The topological polar surface area (TPSA) is 121 Å². The summed E-state index contributed by atoms with van der Waals surface area (Å²) < 4.78 is 12.8. The van der Waals surface area contributed by atoms with E-state index < -0.39 is 5.91 Å². The van der Waals surface area contributed by atoms with Gasteiger partial charge in [0.25, 0.3) is 5.91 Å². The average Bonchev–Trinajstić information content (AvgIpc) is 2.68. The molecule has 0 unspecified atom stereocenters. The van der Waals surface area contributed by atoms with Gasteiger partial charge in [0, 0.05) is 20.1 Å². The van der Waals surface area contributed by atoms with Crippen molar-refractivity contribution in [2.24, 2.45) is 10.7 Å². The van der Waals surface area contributed by atoms with Crippen molar-refractivity contribution in [2.75, 3.05) is 40.0 Å². The second-order valence-electron chi connectivity index (χ2n) is 6.19. The Balaban J connectivity index is 2.38. The Kier molecular flexibility index (Phi) is 8.24. The third-order valence-corrected chi connectivity index (χ3v) is 4.29. The third-order valence-electron chi connectivity index (χ3n) is 4.29. The van der Waals surface area contributed by atoms with Crippen molar-refractivity contribution in [3.63, 3.8) is 0 Å². The van der Waals surface area contributed by atoms with Crippen LogP contribution in [-0.4, -0.2) is 61.9 Å². The van der Waals surface area contributed by atoms with Crippen LogP contribution < -0.4 is 16.5 Å². The largest absolute Gasteiger partial charge is 0.378 e. The fourth-order valence-electron chi connectivity index (χ4n) is 2.79. The lowest BCUT2D eigenvalue weighted by Gasteiger charge is -2.16. The minimum absolute atomic E-state index is 0.0941. The van der Waals surface area contributed by atoms with Crippen LogP contribution in [0.3, 0.4) is 0 Å². The van der Waals surface area contributed by atoms with E-state index in [9.17, 15) is 9.59 Å². The van der Waals surface area contributed by atoms with Gasteiger partial charge in [-0.05, 0) is 37.1 Å². The summed E-state index contributed by atoms with van der Waals surface area (Å²) in [5.74, 6) is -0.597. The van der Waals surface area contributed by atoms with E-state index in [1.165, 1.54) is 0 Å². The monoisotopic (exact) mass is 389 g/mol. The van der Waals surface area contributed by atoms with E-state index >= 15 is 0 Å². The van der Waals surface area contributed by atoms with Crippen molar-refractivity contribution >= 4 is 23.4 Å². The minimum atomic E-state index is -0.597. The summed E-state index contributed by atoms with van der Waals surface area (Å²) in [5, 5.41) is 2.14. The number of hydrogen-bond donors (Lipinski definition) is 2. The molecule has 0 aliphatic carbocycles. The molecule has 1 heterocycles. The lowest BCUT2D eigenvalue weighted by molar-refractivity contribution is -0.108. The Labute approximate surface area is 163 Å². The standard InChI is InChI=1S/C19H27N5O4/c1-13-10-15-16(11-14(13)2)24(5-7-28-9-8-27-6-4-20)18(21-3)17(23-15)19(26)22-12-25/h10-12H,4-9,20H2,1-3H3,(H,22,25,26)/b21-18+. The number of ether oxygens (including phenoxy) is 2. The van der Waals surface area contributed by atoms with Crippen LogP contribution in [0.2, 0.25) is 0 Å². The zero-order valence-electron chi connectivity index (χ0n) is 16.5. The molecule has 152 valence electrons. The van der Waals surface area contributed by atoms with Crippen molar-refractivity contribution in [3.05, 3.63) is 34.4 Å². The quantitative estimate of drug-likeness (QED) is 0.438. The van der Waals surface area contributed by atoms with E-state index in [-0.39, 0.29) is 5.69 Å². The van der Waals surface area contributed by atoms with Gasteiger partial charge in [0.05, 0.1) is 37.5 Å². The Morgan fingerprint density at radius 1 is 1.21 bits per heavy atom. The molecule has 2 aromatic rings. The molecule has 0 saturated heterocycles. The van der Waals surface area contributed by atoms with Crippen LogP contribution >= 0.6 is 0 Å². The summed E-state index contributed by atoms with van der Waals surface area (Å²) in [5.41, 5.74) is 9.51. The molecular weight excluding hydrogens is 362 g/mol. The molecule has 0 radical (unpaired) electrons. The summed E-state index contributed by atoms with van der Waals surface area (Å²) in [6.45, 7) is 6.75. The van der Waals surface area contributed by atoms with Gasteiger partial charge in [-0.25, -0.2) is 4.98 Å². The first kappa shape index (κ1) is 21.7. The number of aryl methyl sites for hydroxylation is 2. The number of nitrogens with one attached hydrogen (secondary N) is 1. The molecule has 1 aromatic heterocycles. The number of amides is 2. The number of hydrogen-bond acceptors (Lipinski definition) is 7. The van der Waals surface area contributed by atoms with Gasteiger partial charge in [0.15, 0.2) is 11.2 Å². The van der Waals surface area contributed by atoms with E-state index in [0.29, 0.717) is 56.9 Å². The van der Waals surface area contributed by atoms with Gasteiger partial charge >= 0.3 is 0 Å². The van der Waals surface area contributed by atoms with Crippen LogP contribution in [0.4, 0.5) is 0 Å². The second-order valence-corrected chi connectivity index (χ2v) is 6.19. The van der Waals surface area contributed by atoms with Crippen molar-refractivity contribution in [3.8, 4) is 0 Å². The zero-order valence-corrected chi connectivity index (χ0v) is 16.5. The SMILES string of the molecule is C/N=c1\c(C(=O)NC=O)nc2cc(C)c(C)cc2n1CCOCCOCCN. The van der Waals surface area contributed by atoms with Crippen molar-refractivity contribution in [2.45, 2.75) is 20.4 Å². The van der Waals surface area contributed by atoms with Crippen LogP contribution in [0.25, 0.3) is 11.0 Å². The van der Waals surface area contributed by atoms with Crippen LogP contribution in [-0.2, 0) is 20.8 Å². The molecule has 9 heteroatoms. The number of aromatic nitrogens is 2. The van der Waals surface area contributed by atoms with Gasteiger partial charge in [-0.2, -0.15) is 0 Å². The fourth-order valence-corrected chi connectivity index (χ4v) is 2.79. The Morgan fingerprint density at radius 2 is 1.89 bits per heavy atom. The van der Waals surface area contributed by atoms with E-state index in [0.717, 1.165) is 16.6 Å². The molecule has 0 aliphatic heterocycles. The summed E-state index contributed by atoms with van der Waals surface area (Å²) in [4.78, 5) is 31.7. The number of nitrogens with two attached hydrogens (primary N) is 1. The lowest BCUT2D eigenvalue weighted by atomic mass is 10.1. The molecule has 1 aromatic carbocycles. The van der Waals surface area contributed by atoms with Crippen molar-refractivity contribution in [1.29, 1.82) is 0 Å². The maximum atomic E-state index is 12.3. The number of fused-ring (bicyclic) bond motifs is 1. The van der Waals surface area contributed by atoms with Gasteiger partial charge in [0.2, 0.25) is 6.41 Å². The Bertz CT molecular complexity index is 907. The first-order valence-electron chi connectivity index (χ1n) is 9.08. The second kappa shape index (κ2) is 10.6. The van der Waals surface area contributed by atoms with Gasteiger partial charge < -0.3 is 19.8 Å².